The predicted octanol–water partition coefficient (Wildman–Crippen LogP) is 3.88. The fourth-order valence-corrected chi connectivity index (χ4v) is 3.57. The fraction of sp³-hybridized carbons (Fsp3) is 0.308. The number of nitrogens with zero attached hydrogens (tertiary/aromatic N) is 1. The number of carboxylic acid groups (broad SMARTS) is 1. The Labute approximate surface area is 213 Å². The Kier molecular flexibility index (Phi) is 8.06. The highest BCUT2D eigenvalue weighted by Gasteiger charge is 2.27. The van der Waals surface area contributed by atoms with Crippen molar-refractivity contribution in [2.45, 2.75) is 38.8 Å². The third-order valence-corrected chi connectivity index (χ3v) is 5.20. The Hall–Kier alpha value is -4.54. The molecule has 0 radical (unpaired) electrons. The lowest BCUT2D eigenvalue weighted by Gasteiger charge is -2.24. The van der Waals surface area contributed by atoms with E-state index in [4.69, 9.17) is 13.9 Å². The van der Waals surface area contributed by atoms with E-state index in [1.807, 2.05) is 12.1 Å². The van der Waals surface area contributed by atoms with Crippen molar-refractivity contribution in [1.82, 2.24) is 5.32 Å². The average molecular weight is 512 g/mol. The maximum atomic E-state index is 13.0. The normalized spacial score (nSPS) is 11.9. The molecule has 0 unspecified atom stereocenters. The van der Waals surface area contributed by atoms with Gasteiger partial charge in [0.2, 0.25) is 5.91 Å². The summed E-state index contributed by atoms with van der Waals surface area (Å²) in [7, 11) is 3.16. The van der Waals surface area contributed by atoms with Gasteiger partial charge in [0.05, 0.1) is 24.9 Å². The lowest BCUT2D eigenvalue weighted by atomic mass is 10.1. The molecule has 3 aromatic rings. The van der Waals surface area contributed by atoms with E-state index in [-0.39, 0.29) is 5.69 Å². The number of hydrogen-bond donors (Lipinski definition) is 3. The van der Waals surface area contributed by atoms with Crippen molar-refractivity contribution in [3.63, 3.8) is 0 Å². The number of ether oxygens (including phenoxy) is 2. The number of hydrogen-bond acceptors (Lipinski definition) is 8. The van der Waals surface area contributed by atoms with Crippen LogP contribution in [0.25, 0.3) is 11.0 Å². The second-order valence-corrected chi connectivity index (χ2v) is 9.18. The Balaban J connectivity index is 1.92. The van der Waals surface area contributed by atoms with Crippen LogP contribution < -0.4 is 25.9 Å². The van der Waals surface area contributed by atoms with Gasteiger partial charge in [-0.25, -0.2) is 9.59 Å². The molecule has 1 aromatic heterocycles. The van der Waals surface area contributed by atoms with Gasteiger partial charge in [-0.05, 0) is 51.1 Å². The van der Waals surface area contributed by atoms with Crippen LogP contribution in [-0.2, 0) is 14.3 Å². The van der Waals surface area contributed by atoms with E-state index in [1.165, 1.54) is 13.2 Å². The highest BCUT2D eigenvalue weighted by atomic mass is 16.6. The summed E-state index contributed by atoms with van der Waals surface area (Å²) in [4.78, 5) is 50.4. The van der Waals surface area contributed by atoms with Gasteiger partial charge in [0, 0.05) is 24.2 Å². The van der Waals surface area contributed by atoms with Gasteiger partial charge in [-0.1, -0.05) is 12.1 Å². The van der Waals surface area contributed by atoms with Crippen LogP contribution in [0.5, 0.6) is 5.75 Å². The summed E-state index contributed by atoms with van der Waals surface area (Å²) in [6, 6.07) is 12.0. The van der Waals surface area contributed by atoms with Gasteiger partial charge in [-0.15, -0.1) is 0 Å². The summed E-state index contributed by atoms with van der Waals surface area (Å²) < 4.78 is 15.8. The molecular weight excluding hydrogens is 482 g/mol. The van der Waals surface area contributed by atoms with Crippen LogP contribution >= 0.6 is 0 Å². The first-order chi connectivity index (χ1) is 17.4. The van der Waals surface area contributed by atoms with Crippen LogP contribution in [0, 0.1) is 0 Å². The number of benzene rings is 2. The van der Waals surface area contributed by atoms with Gasteiger partial charge in [0.25, 0.3) is 0 Å². The monoisotopic (exact) mass is 511 g/mol. The summed E-state index contributed by atoms with van der Waals surface area (Å²) >= 11 is 0. The Bertz CT molecular complexity index is 1380. The Morgan fingerprint density at radius 2 is 1.81 bits per heavy atom. The summed E-state index contributed by atoms with van der Waals surface area (Å²) in [6.45, 7) is 4.93. The number of amides is 2. The van der Waals surface area contributed by atoms with Crippen molar-refractivity contribution in [3.8, 4) is 5.75 Å². The Morgan fingerprint density at radius 3 is 2.46 bits per heavy atom. The minimum atomic E-state index is -1.42. The fourth-order valence-electron chi connectivity index (χ4n) is 3.57. The molecule has 37 heavy (non-hydrogen) atoms. The van der Waals surface area contributed by atoms with Crippen LogP contribution in [0.3, 0.4) is 0 Å². The number of rotatable bonds is 8. The standard InChI is InChI=1S/C26H29N3O8/c1-26(2,3)37-25(34)28-18(13-22(30)31)24(33)27-17-12-15(10-11-21(17)35-5)29(4)19-14-23(32)36-20-9-7-6-8-16(19)20/h6-12,14,18H,13H2,1-5H3,(H,27,33)(H,28,34)(H,30,31)/t18-/m0/s1. The number of aliphatic carboxylic acids is 1. The molecule has 1 heterocycles. The molecule has 0 aliphatic rings. The smallest absolute Gasteiger partial charge is 0.408 e. The van der Waals surface area contributed by atoms with Crippen molar-refractivity contribution in [2.24, 2.45) is 0 Å². The third-order valence-electron chi connectivity index (χ3n) is 5.20. The van der Waals surface area contributed by atoms with Gasteiger partial charge in [-0.2, -0.15) is 0 Å². The molecule has 0 saturated heterocycles. The Morgan fingerprint density at radius 1 is 1.11 bits per heavy atom. The van der Waals surface area contributed by atoms with Crippen LogP contribution in [0.1, 0.15) is 27.2 Å². The topological polar surface area (TPSA) is 147 Å². The van der Waals surface area contributed by atoms with Crippen molar-refractivity contribution >= 4 is 46.0 Å². The van der Waals surface area contributed by atoms with E-state index < -0.39 is 41.7 Å². The first-order valence-electron chi connectivity index (χ1n) is 11.3. The molecule has 0 fully saturated rings. The largest absolute Gasteiger partial charge is 0.495 e. The number of nitrogens with one attached hydrogen (secondary N) is 2. The van der Waals surface area contributed by atoms with Crippen molar-refractivity contribution in [1.29, 1.82) is 0 Å². The molecule has 11 heteroatoms. The van der Waals surface area contributed by atoms with E-state index in [9.17, 15) is 24.3 Å². The van der Waals surface area contributed by atoms with E-state index in [1.54, 1.807) is 63.1 Å². The zero-order valence-corrected chi connectivity index (χ0v) is 21.2. The second kappa shape index (κ2) is 11.0. The molecule has 0 aliphatic carbocycles. The summed E-state index contributed by atoms with van der Waals surface area (Å²) in [5.41, 5.74) is 0.447. The zero-order valence-electron chi connectivity index (χ0n) is 21.2. The minimum absolute atomic E-state index is 0.227. The summed E-state index contributed by atoms with van der Waals surface area (Å²) in [6.07, 6.45) is -1.59. The molecule has 0 saturated carbocycles. The molecule has 3 N–H and O–H groups in total. The maximum absolute atomic E-state index is 13.0. The van der Waals surface area contributed by atoms with Gasteiger partial charge in [-0.3, -0.25) is 9.59 Å². The number of para-hydroxylation sites is 1. The van der Waals surface area contributed by atoms with E-state index in [0.717, 1.165) is 0 Å². The summed E-state index contributed by atoms with van der Waals surface area (Å²) in [5.74, 6) is -1.77. The molecular formula is C26H29N3O8. The molecule has 0 aliphatic heterocycles. The average Bonchev–Trinajstić information content (AvgIpc) is 2.81. The third kappa shape index (κ3) is 7.00. The minimum Gasteiger partial charge on any atom is -0.495 e. The molecule has 0 bridgehead atoms. The number of carboxylic acids is 1. The highest BCUT2D eigenvalue weighted by molar-refractivity contribution is 6.00. The number of alkyl carbamates (subject to hydrolysis) is 1. The molecule has 196 valence electrons. The van der Waals surface area contributed by atoms with Gasteiger partial charge in [0.15, 0.2) is 0 Å². The highest BCUT2D eigenvalue weighted by Crippen LogP contribution is 2.34. The number of carbonyl (C=O) groups excluding carboxylic acids is 2. The van der Waals surface area contributed by atoms with Gasteiger partial charge >= 0.3 is 17.7 Å². The second-order valence-electron chi connectivity index (χ2n) is 9.18. The molecule has 3 rings (SSSR count). The van der Waals surface area contributed by atoms with Crippen molar-refractivity contribution < 1.29 is 33.4 Å². The lowest BCUT2D eigenvalue weighted by Crippen LogP contribution is -2.46. The summed E-state index contributed by atoms with van der Waals surface area (Å²) in [5, 5.41) is 14.9. The molecule has 2 aromatic carbocycles. The quantitative estimate of drug-likeness (QED) is 0.383. The molecule has 0 spiro atoms. The SMILES string of the molecule is COc1ccc(N(C)c2cc(=O)oc3ccccc23)cc1NC(=O)[C@H](CC(=O)O)NC(=O)OC(C)(C)C. The molecule has 2 amide bonds. The number of anilines is 3. The van der Waals surface area contributed by atoms with Gasteiger partial charge in [0.1, 0.15) is 23.0 Å². The molecule has 1 atom stereocenters. The molecule has 11 nitrogen and oxygen atoms in total. The van der Waals surface area contributed by atoms with E-state index >= 15 is 0 Å². The van der Waals surface area contributed by atoms with Crippen LogP contribution in [0.15, 0.2) is 57.7 Å². The van der Waals surface area contributed by atoms with Crippen molar-refractivity contribution in [2.75, 3.05) is 24.4 Å². The van der Waals surface area contributed by atoms with Crippen LogP contribution in [0.4, 0.5) is 21.9 Å². The first-order valence-corrected chi connectivity index (χ1v) is 11.3. The van der Waals surface area contributed by atoms with Crippen LogP contribution in [0.2, 0.25) is 0 Å². The van der Waals surface area contributed by atoms with Gasteiger partial charge < -0.3 is 34.5 Å². The van der Waals surface area contributed by atoms with E-state index in [0.29, 0.717) is 28.1 Å². The first kappa shape index (κ1) is 27.1. The lowest BCUT2D eigenvalue weighted by molar-refractivity contribution is -0.139. The van der Waals surface area contributed by atoms with E-state index in [2.05, 4.69) is 10.6 Å². The number of fused-ring (bicyclic) bond motifs is 1. The maximum Gasteiger partial charge on any atom is 0.408 e. The zero-order chi connectivity index (χ0) is 27.3. The number of carbonyl (C=O) groups is 3. The van der Waals surface area contributed by atoms with Crippen LogP contribution in [-0.4, -0.2) is 48.9 Å². The predicted molar refractivity (Wildman–Crippen MR) is 138 cm³/mol. The number of methoxy groups -OCH3 is 1. The van der Waals surface area contributed by atoms with Crippen molar-refractivity contribution in [3.05, 3.63) is 59.0 Å².